The van der Waals surface area contributed by atoms with Crippen LogP contribution in [-0.4, -0.2) is 33.3 Å². The first kappa shape index (κ1) is 28.1. The van der Waals surface area contributed by atoms with E-state index in [9.17, 15) is 24.1 Å². The Labute approximate surface area is 242 Å². The molecular formula is C29H25BrFN5O5. The number of amides is 1. The lowest BCUT2D eigenvalue weighted by Gasteiger charge is -2.22. The predicted octanol–water partition coefficient (Wildman–Crippen LogP) is 6.15. The van der Waals surface area contributed by atoms with Crippen LogP contribution in [0.5, 0.6) is 5.75 Å². The highest BCUT2D eigenvalue weighted by Crippen LogP contribution is 2.32. The van der Waals surface area contributed by atoms with Crippen LogP contribution in [-0.2, 0) is 4.79 Å². The summed E-state index contributed by atoms with van der Waals surface area (Å²) < 4.78 is 20.8. The number of ether oxygens (including phenoxy) is 1. The summed E-state index contributed by atoms with van der Waals surface area (Å²) in [6.45, 7) is -0.525. The quantitative estimate of drug-likeness (QED) is 0.143. The molecule has 1 heterocycles. The second kappa shape index (κ2) is 12.4. The van der Waals surface area contributed by atoms with Crippen molar-refractivity contribution in [3.63, 3.8) is 0 Å². The average Bonchev–Trinajstić information content (AvgIpc) is 2.96. The fourth-order valence-electron chi connectivity index (χ4n) is 4.81. The number of halogens is 2. The lowest BCUT2D eigenvalue weighted by atomic mass is 9.88. The molecule has 4 aromatic rings. The van der Waals surface area contributed by atoms with E-state index in [2.05, 4.69) is 26.3 Å². The number of nitrogens with one attached hydrogen (secondary N) is 1. The summed E-state index contributed by atoms with van der Waals surface area (Å²) in [6.07, 6.45) is 6.37. The van der Waals surface area contributed by atoms with Crippen LogP contribution in [0.1, 0.15) is 49.4 Å². The minimum absolute atomic E-state index is 0.0743. The largest absolute Gasteiger partial charge is 0.477 e. The van der Waals surface area contributed by atoms with Crippen LogP contribution in [0.3, 0.4) is 0 Å². The normalized spacial score (nSPS) is 13.9. The Bertz CT molecular complexity index is 1720. The molecule has 0 aliphatic heterocycles. The predicted molar refractivity (Wildman–Crippen MR) is 156 cm³/mol. The third kappa shape index (κ3) is 6.65. The van der Waals surface area contributed by atoms with Gasteiger partial charge in [0, 0.05) is 27.7 Å². The van der Waals surface area contributed by atoms with Crippen molar-refractivity contribution >= 4 is 50.3 Å². The van der Waals surface area contributed by atoms with E-state index in [1.54, 1.807) is 12.1 Å². The van der Waals surface area contributed by atoms with E-state index >= 15 is 0 Å². The molecule has 0 atom stereocenters. The zero-order chi connectivity index (χ0) is 28.9. The molecule has 1 fully saturated rings. The molecule has 0 spiro atoms. The molecular weight excluding hydrogens is 597 g/mol. The molecule has 1 amide bonds. The monoisotopic (exact) mass is 621 g/mol. The number of carbonyl (C=O) groups is 1. The number of nitro groups is 1. The van der Waals surface area contributed by atoms with Crippen molar-refractivity contribution in [2.75, 3.05) is 11.9 Å². The number of benzene rings is 3. The molecule has 0 bridgehead atoms. The molecule has 0 saturated heterocycles. The van der Waals surface area contributed by atoms with E-state index in [1.165, 1.54) is 47.3 Å². The summed E-state index contributed by atoms with van der Waals surface area (Å²) in [4.78, 5) is 41.7. The smallest absolute Gasteiger partial charge is 0.311 e. The number of hydrogen-bond acceptors (Lipinski definition) is 7. The summed E-state index contributed by atoms with van der Waals surface area (Å²) in [5.41, 5.74) is 0.464. The molecule has 1 N–H and O–H groups in total. The third-order valence-electron chi connectivity index (χ3n) is 6.77. The second-order valence-corrected chi connectivity index (χ2v) is 10.6. The maximum absolute atomic E-state index is 13.5. The van der Waals surface area contributed by atoms with Gasteiger partial charge >= 0.3 is 5.69 Å². The molecule has 1 aromatic heterocycles. The number of fused-ring (bicyclic) bond motifs is 1. The summed E-state index contributed by atoms with van der Waals surface area (Å²) in [5, 5.41) is 19.1. The van der Waals surface area contributed by atoms with Crippen molar-refractivity contribution in [2.24, 2.45) is 5.10 Å². The summed E-state index contributed by atoms with van der Waals surface area (Å²) in [5.74, 6) is -0.610. The fourth-order valence-corrected chi connectivity index (χ4v) is 5.17. The van der Waals surface area contributed by atoms with Gasteiger partial charge in [-0.1, -0.05) is 41.3 Å². The highest BCUT2D eigenvalue weighted by atomic mass is 79.9. The van der Waals surface area contributed by atoms with Gasteiger partial charge in [0.2, 0.25) is 0 Å². The maximum atomic E-state index is 13.5. The van der Waals surface area contributed by atoms with Crippen molar-refractivity contribution in [1.82, 2.24) is 9.66 Å². The highest BCUT2D eigenvalue weighted by molar-refractivity contribution is 9.10. The van der Waals surface area contributed by atoms with Gasteiger partial charge < -0.3 is 10.1 Å². The molecule has 0 unspecified atom stereocenters. The first-order chi connectivity index (χ1) is 19.8. The van der Waals surface area contributed by atoms with E-state index in [0.29, 0.717) is 22.3 Å². The number of carbonyl (C=O) groups excluding carboxylic acids is 1. The number of rotatable bonds is 8. The van der Waals surface area contributed by atoms with Crippen molar-refractivity contribution in [3.05, 3.63) is 103 Å². The topological polar surface area (TPSA) is 129 Å². The number of nitrogens with zero attached hydrogens (tertiary/aromatic N) is 4. The Morgan fingerprint density at radius 1 is 1.17 bits per heavy atom. The van der Waals surface area contributed by atoms with Crippen LogP contribution in [0, 0.1) is 15.9 Å². The lowest BCUT2D eigenvalue weighted by molar-refractivity contribution is -0.385. The molecule has 5 rings (SSSR count). The van der Waals surface area contributed by atoms with Crippen LogP contribution in [0.2, 0.25) is 0 Å². The summed E-state index contributed by atoms with van der Waals surface area (Å²) in [6, 6.07) is 14.8. The van der Waals surface area contributed by atoms with Crippen LogP contribution < -0.4 is 15.6 Å². The van der Waals surface area contributed by atoms with Crippen LogP contribution in [0.25, 0.3) is 10.9 Å². The van der Waals surface area contributed by atoms with Crippen LogP contribution in [0.15, 0.2) is 75.0 Å². The summed E-state index contributed by atoms with van der Waals surface area (Å²) in [7, 11) is 0. The van der Waals surface area contributed by atoms with Gasteiger partial charge in [-0.15, -0.1) is 0 Å². The van der Waals surface area contributed by atoms with Gasteiger partial charge in [-0.05, 0) is 61.4 Å². The van der Waals surface area contributed by atoms with Gasteiger partial charge in [0.05, 0.1) is 22.0 Å². The van der Waals surface area contributed by atoms with Crippen molar-refractivity contribution in [3.8, 4) is 5.75 Å². The van der Waals surface area contributed by atoms with Gasteiger partial charge in [0.25, 0.3) is 11.5 Å². The number of aromatic nitrogens is 2. The van der Waals surface area contributed by atoms with Gasteiger partial charge in [-0.25, -0.2) is 9.37 Å². The Morgan fingerprint density at radius 2 is 1.98 bits per heavy atom. The van der Waals surface area contributed by atoms with E-state index in [4.69, 9.17) is 9.72 Å². The molecule has 41 heavy (non-hydrogen) atoms. The highest BCUT2D eigenvalue weighted by Gasteiger charge is 2.23. The first-order valence-electron chi connectivity index (χ1n) is 13.0. The van der Waals surface area contributed by atoms with Gasteiger partial charge in [0.15, 0.2) is 12.4 Å². The molecule has 12 heteroatoms. The van der Waals surface area contributed by atoms with Gasteiger partial charge in [-0.2, -0.15) is 9.78 Å². The average molecular weight is 622 g/mol. The minimum Gasteiger partial charge on any atom is -0.477 e. The molecule has 1 aliphatic carbocycles. The number of anilines is 1. The molecule has 10 nitrogen and oxygen atoms in total. The van der Waals surface area contributed by atoms with Crippen LogP contribution >= 0.6 is 15.9 Å². The molecule has 1 saturated carbocycles. The Hall–Kier alpha value is -4.45. The van der Waals surface area contributed by atoms with Crippen LogP contribution in [0.4, 0.5) is 15.8 Å². The Kier molecular flexibility index (Phi) is 8.48. The molecule has 3 aromatic carbocycles. The Balaban J connectivity index is 1.41. The maximum Gasteiger partial charge on any atom is 0.311 e. The molecule has 0 radical (unpaired) electrons. The van der Waals surface area contributed by atoms with Crippen molar-refractivity contribution < 1.29 is 18.8 Å². The van der Waals surface area contributed by atoms with Crippen molar-refractivity contribution in [1.29, 1.82) is 0 Å². The molecule has 1 aliphatic rings. The lowest BCUT2D eigenvalue weighted by Crippen LogP contribution is -2.25. The molecule has 210 valence electrons. The Morgan fingerprint density at radius 3 is 2.73 bits per heavy atom. The third-order valence-corrected chi connectivity index (χ3v) is 7.27. The second-order valence-electron chi connectivity index (χ2n) is 9.66. The fraction of sp³-hybridized carbons (Fsp3) is 0.241. The number of hydrogen-bond donors (Lipinski definition) is 1. The SMILES string of the molecule is O=C(COc1ccc(C=Nn2c(C3CCCCC3)nc3ccc(Br)cc3c2=O)cc1[N+](=O)[O-])Nc1cccc(F)c1. The van der Waals surface area contributed by atoms with Gasteiger partial charge in [-0.3, -0.25) is 19.7 Å². The zero-order valence-corrected chi connectivity index (χ0v) is 23.3. The van der Waals surface area contributed by atoms with E-state index in [0.717, 1.165) is 42.6 Å². The van der Waals surface area contributed by atoms with Gasteiger partial charge in [0.1, 0.15) is 11.6 Å². The number of nitro benzene ring substituents is 1. The van der Waals surface area contributed by atoms with E-state index in [-0.39, 0.29) is 28.6 Å². The van der Waals surface area contributed by atoms with E-state index in [1.807, 2.05) is 6.07 Å². The zero-order valence-electron chi connectivity index (χ0n) is 21.8. The minimum atomic E-state index is -0.633. The first-order valence-corrected chi connectivity index (χ1v) is 13.8. The summed E-state index contributed by atoms with van der Waals surface area (Å²) >= 11 is 3.40. The van der Waals surface area contributed by atoms with E-state index < -0.39 is 23.3 Å². The van der Waals surface area contributed by atoms with Crippen molar-refractivity contribution in [2.45, 2.75) is 38.0 Å². The standard InChI is InChI=1S/C29H25BrFN5O5/c30-20-10-11-24-23(14-20)29(38)35(28(34-24)19-5-2-1-3-6-19)32-16-18-9-12-26(25(13-18)36(39)40)41-17-27(37)33-22-8-4-7-21(31)15-22/h4,7-16,19H,1-3,5-6,17H2,(H,33,37).